The van der Waals surface area contributed by atoms with E-state index < -0.39 is 0 Å². The number of aldehydes is 1. The minimum Gasteiger partial charge on any atom is -0.507 e. The van der Waals surface area contributed by atoms with E-state index in [2.05, 4.69) is 13.8 Å². The van der Waals surface area contributed by atoms with Crippen LogP contribution in [0.3, 0.4) is 0 Å². The number of hydrogen-bond acceptors (Lipinski definition) is 2. The molecule has 0 atom stereocenters. The van der Waals surface area contributed by atoms with Crippen molar-refractivity contribution < 1.29 is 9.90 Å². The number of hydrogen-bond donors (Lipinski definition) is 1. The number of carbonyl (C=O) groups excluding carboxylic acids is 1. The minimum absolute atomic E-state index is 0.112. The summed E-state index contributed by atoms with van der Waals surface area (Å²) >= 11 is 0. The fraction of sp³-hybridized carbons (Fsp3) is 0.364. The van der Waals surface area contributed by atoms with E-state index in [4.69, 9.17) is 0 Å². The average Bonchev–Trinajstić information content (AvgIpc) is 2.09. The molecule has 1 N–H and O–H groups in total. The van der Waals surface area contributed by atoms with E-state index in [-0.39, 0.29) is 5.75 Å². The number of phenolic OH excluding ortho intramolecular Hbond substituents is 1. The molecule has 0 spiro atoms. The second-order valence-corrected chi connectivity index (χ2v) is 3.49. The lowest BCUT2D eigenvalue weighted by Gasteiger charge is -2.11. The Bertz CT molecular complexity index is 327. The van der Waals surface area contributed by atoms with E-state index in [0.717, 1.165) is 11.1 Å². The summed E-state index contributed by atoms with van der Waals surface area (Å²) in [7, 11) is 0. The van der Waals surface area contributed by atoms with Gasteiger partial charge < -0.3 is 5.11 Å². The van der Waals surface area contributed by atoms with Gasteiger partial charge in [0.25, 0.3) is 0 Å². The molecule has 70 valence electrons. The Morgan fingerprint density at radius 2 is 2.00 bits per heavy atom. The first-order valence-corrected chi connectivity index (χ1v) is 4.35. The van der Waals surface area contributed by atoms with Gasteiger partial charge in [-0.05, 0) is 30.0 Å². The molecule has 0 aliphatic carbocycles. The van der Waals surface area contributed by atoms with Crippen molar-refractivity contribution in [3.8, 4) is 5.75 Å². The Morgan fingerprint density at radius 3 is 2.46 bits per heavy atom. The summed E-state index contributed by atoms with van der Waals surface area (Å²) < 4.78 is 0. The van der Waals surface area contributed by atoms with Crippen LogP contribution in [0.4, 0.5) is 0 Å². The summed E-state index contributed by atoms with van der Waals surface area (Å²) in [6, 6.07) is 3.55. The third-order valence-electron chi connectivity index (χ3n) is 2.25. The van der Waals surface area contributed by atoms with Crippen LogP contribution in [0.25, 0.3) is 0 Å². The fourth-order valence-electron chi connectivity index (χ4n) is 1.46. The summed E-state index contributed by atoms with van der Waals surface area (Å²) in [6.45, 7) is 5.95. The van der Waals surface area contributed by atoms with Gasteiger partial charge >= 0.3 is 0 Å². The maximum atomic E-state index is 10.5. The molecule has 0 saturated heterocycles. The molecular formula is C11H14O2. The second-order valence-electron chi connectivity index (χ2n) is 3.49. The van der Waals surface area contributed by atoms with Crippen LogP contribution in [0.15, 0.2) is 12.1 Å². The topological polar surface area (TPSA) is 37.3 Å². The minimum atomic E-state index is 0.112. The molecular weight excluding hydrogens is 164 g/mol. The number of rotatable bonds is 2. The monoisotopic (exact) mass is 178 g/mol. The van der Waals surface area contributed by atoms with E-state index in [1.807, 2.05) is 13.0 Å². The highest BCUT2D eigenvalue weighted by Crippen LogP contribution is 2.28. The zero-order valence-corrected chi connectivity index (χ0v) is 8.16. The molecule has 0 saturated carbocycles. The van der Waals surface area contributed by atoms with Crippen LogP contribution in [-0.2, 0) is 0 Å². The van der Waals surface area contributed by atoms with Gasteiger partial charge in [0.1, 0.15) is 5.75 Å². The largest absolute Gasteiger partial charge is 0.507 e. The van der Waals surface area contributed by atoms with Crippen molar-refractivity contribution in [2.45, 2.75) is 26.7 Å². The first-order valence-electron chi connectivity index (χ1n) is 4.35. The molecule has 0 amide bonds. The molecule has 0 aliphatic heterocycles. The van der Waals surface area contributed by atoms with Crippen molar-refractivity contribution in [3.63, 3.8) is 0 Å². The van der Waals surface area contributed by atoms with Gasteiger partial charge in [0.05, 0.1) is 5.56 Å². The predicted octanol–water partition coefficient (Wildman–Crippen LogP) is 2.64. The first-order chi connectivity index (χ1) is 6.07. The number of carbonyl (C=O) groups is 1. The first kappa shape index (κ1) is 9.78. The van der Waals surface area contributed by atoms with Gasteiger partial charge in [0, 0.05) is 0 Å². The van der Waals surface area contributed by atoms with E-state index in [0.29, 0.717) is 17.8 Å². The Labute approximate surface area is 78.2 Å². The van der Waals surface area contributed by atoms with Crippen LogP contribution < -0.4 is 0 Å². The smallest absolute Gasteiger partial charge is 0.153 e. The lowest BCUT2D eigenvalue weighted by molar-refractivity contribution is 0.112. The van der Waals surface area contributed by atoms with Gasteiger partial charge in [-0.1, -0.05) is 19.9 Å². The Kier molecular flexibility index (Phi) is 2.71. The third kappa shape index (κ3) is 1.72. The number of phenols is 1. The Morgan fingerprint density at radius 1 is 1.38 bits per heavy atom. The van der Waals surface area contributed by atoms with Crippen molar-refractivity contribution in [2.75, 3.05) is 0 Å². The lowest BCUT2D eigenvalue weighted by Crippen LogP contribution is -1.94. The predicted molar refractivity (Wildman–Crippen MR) is 52.3 cm³/mol. The zero-order chi connectivity index (χ0) is 10.0. The number of benzene rings is 1. The highest BCUT2D eigenvalue weighted by molar-refractivity contribution is 5.80. The van der Waals surface area contributed by atoms with Gasteiger partial charge in [-0.3, -0.25) is 4.79 Å². The quantitative estimate of drug-likeness (QED) is 0.707. The van der Waals surface area contributed by atoms with Crippen molar-refractivity contribution in [2.24, 2.45) is 0 Å². The molecule has 1 rings (SSSR count). The van der Waals surface area contributed by atoms with Crippen LogP contribution in [0.5, 0.6) is 5.75 Å². The molecule has 1 aromatic rings. The molecule has 2 heteroatoms. The summed E-state index contributed by atoms with van der Waals surface area (Å²) in [5, 5.41) is 9.60. The molecule has 0 fully saturated rings. The summed E-state index contributed by atoms with van der Waals surface area (Å²) in [4.78, 5) is 10.5. The van der Waals surface area contributed by atoms with Crippen LogP contribution in [0, 0.1) is 6.92 Å². The summed E-state index contributed by atoms with van der Waals surface area (Å²) in [5.41, 5.74) is 2.25. The normalized spacial score (nSPS) is 10.5. The lowest BCUT2D eigenvalue weighted by atomic mass is 9.95. The van der Waals surface area contributed by atoms with Crippen molar-refractivity contribution >= 4 is 6.29 Å². The van der Waals surface area contributed by atoms with Crippen molar-refractivity contribution in [3.05, 3.63) is 28.8 Å². The second kappa shape index (κ2) is 3.60. The maximum Gasteiger partial charge on any atom is 0.153 e. The standard InChI is InChI=1S/C11H14O2/c1-7(2)10-5-4-9(6-12)11(13)8(10)3/h4-7,13H,1-3H3. The zero-order valence-electron chi connectivity index (χ0n) is 8.16. The van der Waals surface area contributed by atoms with E-state index >= 15 is 0 Å². The highest BCUT2D eigenvalue weighted by Gasteiger charge is 2.10. The molecule has 0 aromatic heterocycles. The van der Waals surface area contributed by atoms with Gasteiger partial charge in [-0.2, -0.15) is 0 Å². The average molecular weight is 178 g/mol. The highest BCUT2D eigenvalue weighted by atomic mass is 16.3. The number of aromatic hydroxyl groups is 1. The van der Waals surface area contributed by atoms with Gasteiger partial charge in [0.2, 0.25) is 0 Å². The molecule has 0 aliphatic rings. The van der Waals surface area contributed by atoms with Crippen molar-refractivity contribution in [1.82, 2.24) is 0 Å². The molecule has 0 bridgehead atoms. The molecule has 1 aromatic carbocycles. The third-order valence-corrected chi connectivity index (χ3v) is 2.25. The molecule has 0 unspecified atom stereocenters. The van der Waals surface area contributed by atoms with Gasteiger partial charge in [0.15, 0.2) is 6.29 Å². The van der Waals surface area contributed by atoms with Crippen molar-refractivity contribution in [1.29, 1.82) is 0 Å². The SMILES string of the molecule is Cc1c(C(C)C)ccc(C=O)c1O. The van der Waals surface area contributed by atoms with Crippen LogP contribution in [0.1, 0.15) is 41.3 Å². The molecule has 13 heavy (non-hydrogen) atoms. The maximum absolute atomic E-state index is 10.5. The summed E-state index contributed by atoms with van der Waals surface area (Å²) in [5.74, 6) is 0.479. The van der Waals surface area contributed by atoms with Crippen LogP contribution in [-0.4, -0.2) is 11.4 Å². The summed E-state index contributed by atoms with van der Waals surface area (Å²) in [6.07, 6.45) is 0.673. The van der Waals surface area contributed by atoms with E-state index in [1.54, 1.807) is 6.07 Å². The van der Waals surface area contributed by atoms with Gasteiger partial charge in [-0.25, -0.2) is 0 Å². The molecule has 0 radical (unpaired) electrons. The van der Waals surface area contributed by atoms with Crippen LogP contribution >= 0.6 is 0 Å². The van der Waals surface area contributed by atoms with E-state index in [1.165, 1.54) is 0 Å². The van der Waals surface area contributed by atoms with E-state index in [9.17, 15) is 9.90 Å². The van der Waals surface area contributed by atoms with Gasteiger partial charge in [-0.15, -0.1) is 0 Å². The Balaban J connectivity index is 3.31. The molecule has 0 heterocycles. The molecule has 2 nitrogen and oxygen atoms in total. The fourth-order valence-corrected chi connectivity index (χ4v) is 1.46. The van der Waals surface area contributed by atoms with Crippen LogP contribution in [0.2, 0.25) is 0 Å². The Hall–Kier alpha value is -1.31.